The molecule has 0 N–H and O–H groups in total. The Labute approximate surface area is 105 Å². The van der Waals surface area contributed by atoms with E-state index in [-0.39, 0.29) is 18.3 Å². The highest BCUT2D eigenvalue weighted by atomic mass is 79.9. The second kappa shape index (κ2) is 6.04. The molecule has 3 heteroatoms. The number of ether oxygens (including phenoxy) is 1. The molecular weight excluding hydrogens is 268 g/mol. The highest BCUT2D eigenvalue weighted by molar-refractivity contribution is 9.10. The fraction of sp³-hybridized carbons (Fsp3) is 0.462. The van der Waals surface area contributed by atoms with E-state index in [1.807, 2.05) is 39.0 Å². The van der Waals surface area contributed by atoms with Crippen molar-refractivity contribution in [1.29, 1.82) is 0 Å². The van der Waals surface area contributed by atoms with Crippen molar-refractivity contribution < 1.29 is 9.53 Å². The topological polar surface area (TPSA) is 26.3 Å². The van der Waals surface area contributed by atoms with Crippen LogP contribution in [0.4, 0.5) is 0 Å². The molecule has 0 aliphatic carbocycles. The summed E-state index contributed by atoms with van der Waals surface area (Å²) < 4.78 is 6.48. The summed E-state index contributed by atoms with van der Waals surface area (Å²) >= 11 is 3.38. The summed E-state index contributed by atoms with van der Waals surface area (Å²) in [5.74, 6) is 1.00. The van der Waals surface area contributed by atoms with Gasteiger partial charge in [-0.15, -0.1) is 0 Å². The van der Waals surface area contributed by atoms with Crippen LogP contribution in [-0.4, -0.2) is 12.4 Å². The van der Waals surface area contributed by atoms with Crippen molar-refractivity contribution in [3.05, 3.63) is 28.2 Å². The lowest BCUT2D eigenvalue weighted by molar-refractivity contribution is -0.124. The Hall–Kier alpha value is -0.830. The van der Waals surface area contributed by atoms with Crippen LogP contribution in [0.3, 0.4) is 0 Å². The first-order valence-electron chi connectivity index (χ1n) is 5.46. The molecule has 0 aromatic heterocycles. The molecule has 1 unspecified atom stereocenters. The predicted molar refractivity (Wildman–Crippen MR) is 68.8 cm³/mol. The summed E-state index contributed by atoms with van der Waals surface area (Å²) in [6, 6.07) is 5.81. The highest BCUT2D eigenvalue weighted by Gasteiger charge is 2.11. The number of halogens is 1. The van der Waals surface area contributed by atoms with Gasteiger partial charge in [-0.3, -0.25) is 4.79 Å². The van der Waals surface area contributed by atoms with Crippen LogP contribution in [0.1, 0.15) is 25.8 Å². The monoisotopic (exact) mass is 284 g/mol. The van der Waals surface area contributed by atoms with E-state index in [1.54, 1.807) is 0 Å². The van der Waals surface area contributed by atoms with Gasteiger partial charge in [0.2, 0.25) is 0 Å². The molecule has 0 radical (unpaired) electrons. The maximum Gasteiger partial charge on any atom is 0.172 e. The third-order valence-electron chi connectivity index (χ3n) is 2.68. The maximum atomic E-state index is 11.6. The number of hydrogen-bond donors (Lipinski definition) is 0. The summed E-state index contributed by atoms with van der Waals surface area (Å²) in [5.41, 5.74) is 1.04. The fourth-order valence-electron chi connectivity index (χ4n) is 1.25. The summed E-state index contributed by atoms with van der Waals surface area (Å²) in [6.45, 7) is 6.06. The minimum Gasteiger partial charge on any atom is -0.486 e. The van der Waals surface area contributed by atoms with E-state index in [4.69, 9.17) is 4.74 Å². The number of carbonyl (C=O) groups excluding carboxylic acids is 1. The lowest BCUT2D eigenvalue weighted by atomic mass is 10.0. The van der Waals surface area contributed by atoms with Gasteiger partial charge in [0.05, 0.1) is 0 Å². The molecule has 0 saturated heterocycles. The van der Waals surface area contributed by atoms with Crippen LogP contribution in [0.15, 0.2) is 22.7 Å². The molecule has 1 atom stereocenters. The molecule has 2 nitrogen and oxygen atoms in total. The Morgan fingerprint density at radius 2 is 2.19 bits per heavy atom. The minimum atomic E-state index is 0.0764. The van der Waals surface area contributed by atoms with Crippen LogP contribution in [0, 0.1) is 12.8 Å². The average Bonchev–Trinajstić information content (AvgIpc) is 2.28. The molecule has 0 amide bonds. The van der Waals surface area contributed by atoms with E-state index in [2.05, 4.69) is 15.9 Å². The van der Waals surface area contributed by atoms with Crippen molar-refractivity contribution in [3.63, 3.8) is 0 Å². The van der Waals surface area contributed by atoms with Gasteiger partial charge < -0.3 is 4.74 Å². The molecule has 1 aromatic rings. The number of ketones is 1. The SMILES string of the molecule is CCC(C)C(=O)COc1cc(Br)ccc1C. The van der Waals surface area contributed by atoms with Gasteiger partial charge in [0.1, 0.15) is 12.4 Å². The molecule has 0 spiro atoms. The molecule has 1 aromatic carbocycles. The van der Waals surface area contributed by atoms with Gasteiger partial charge in [-0.1, -0.05) is 35.8 Å². The molecule has 16 heavy (non-hydrogen) atoms. The highest BCUT2D eigenvalue weighted by Crippen LogP contribution is 2.23. The van der Waals surface area contributed by atoms with Crippen LogP contribution in [0.2, 0.25) is 0 Å². The van der Waals surface area contributed by atoms with Crippen LogP contribution < -0.4 is 4.74 Å². The van der Waals surface area contributed by atoms with Gasteiger partial charge in [-0.25, -0.2) is 0 Å². The number of hydrogen-bond acceptors (Lipinski definition) is 2. The fourth-order valence-corrected chi connectivity index (χ4v) is 1.59. The molecule has 0 fully saturated rings. The largest absolute Gasteiger partial charge is 0.486 e. The first kappa shape index (κ1) is 13.2. The third-order valence-corrected chi connectivity index (χ3v) is 3.18. The number of Topliss-reactive ketones (excluding diaryl/α,β-unsaturated/α-hetero) is 1. The Bertz CT molecular complexity index is 374. The molecule has 88 valence electrons. The Balaban J connectivity index is 2.61. The lowest BCUT2D eigenvalue weighted by Gasteiger charge is -2.11. The molecule has 0 saturated carbocycles. The second-order valence-corrected chi connectivity index (χ2v) is 4.89. The van der Waals surface area contributed by atoms with Crippen molar-refractivity contribution >= 4 is 21.7 Å². The van der Waals surface area contributed by atoms with E-state index in [9.17, 15) is 4.79 Å². The molecule has 1 rings (SSSR count). The zero-order chi connectivity index (χ0) is 12.1. The Morgan fingerprint density at radius 3 is 2.81 bits per heavy atom. The van der Waals surface area contributed by atoms with Gasteiger partial charge >= 0.3 is 0 Å². The Morgan fingerprint density at radius 1 is 1.50 bits per heavy atom. The molecule has 0 bridgehead atoms. The summed E-state index contributed by atoms with van der Waals surface area (Å²) in [6.07, 6.45) is 0.861. The number of benzene rings is 1. The van der Waals surface area contributed by atoms with Crippen molar-refractivity contribution in [2.24, 2.45) is 5.92 Å². The van der Waals surface area contributed by atoms with Crippen LogP contribution in [0.25, 0.3) is 0 Å². The maximum absolute atomic E-state index is 11.6. The number of aryl methyl sites for hydroxylation is 1. The first-order chi connectivity index (χ1) is 7.54. The van der Waals surface area contributed by atoms with Gasteiger partial charge in [-0.2, -0.15) is 0 Å². The minimum absolute atomic E-state index is 0.0764. The van der Waals surface area contributed by atoms with E-state index >= 15 is 0 Å². The van der Waals surface area contributed by atoms with E-state index in [1.165, 1.54) is 0 Å². The van der Waals surface area contributed by atoms with Gasteiger partial charge in [0.25, 0.3) is 0 Å². The van der Waals surface area contributed by atoms with Crippen molar-refractivity contribution in [1.82, 2.24) is 0 Å². The van der Waals surface area contributed by atoms with E-state index in [0.29, 0.717) is 0 Å². The first-order valence-corrected chi connectivity index (χ1v) is 6.25. The smallest absolute Gasteiger partial charge is 0.172 e. The zero-order valence-corrected chi connectivity index (χ0v) is 11.5. The second-order valence-electron chi connectivity index (χ2n) is 3.97. The van der Waals surface area contributed by atoms with Gasteiger partial charge in [0.15, 0.2) is 5.78 Å². The Kier molecular flexibility index (Phi) is 5.00. The third kappa shape index (κ3) is 3.63. The average molecular weight is 285 g/mol. The molecular formula is C13H17BrO2. The lowest BCUT2D eigenvalue weighted by Crippen LogP contribution is -2.18. The molecule has 0 heterocycles. The summed E-state index contributed by atoms with van der Waals surface area (Å²) in [4.78, 5) is 11.6. The molecule has 0 aliphatic heterocycles. The van der Waals surface area contributed by atoms with Crippen molar-refractivity contribution in [2.45, 2.75) is 27.2 Å². The zero-order valence-electron chi connectivity index (χ0n) is 9.92. The van der Waals surface area contributed by atoms with Gasteiger partial charge in [-0.05, 0) is 31.0 Å². The van der Waals surface area contributed by atoms with Crippen LogP contribution in [-0.2, 0) is 4.79 Å². The van der Waals surface area contributed by atoms with Crippen molar-refractivity contribution in [2.75, 3.05) is 6.61 Å². The summed E-state index contributed by atoms with van der Waals surface area (Å²) in [5, 5.41) is 0. The van der Waals surface area contributed by atoms with E-state index in [0.717, 1.165) is 22.2 Å². The van der Waals surface area contributed by atoms with E-state index < -0.39 is 0 Å². The molecule has 0 aliphatic rings. The van der Waals surface area contributed by atoms with Gasteiger partial charge in [0, 0.05) is 10.4 Å². The normalized spacial score (nSPS) is 12.2. The quantitative estimate of drug-likeness (QED) is 0.823. The van der Waals surface area contributed by atoms with Crippen LogP contribution in [0.5, 0.6) is 5.75 Å². The number of rotatable bonds is 5. The predicted octanol–water partition coefficient (Wildman–Crippen LogP) is 3.75. The summed E-state index contributed by atoms with van der Waals surface area (Å²) in [7, 11) is 0. The van der Waals surface area contributed by atoms with Crippen LogP contribution >= 0.6 is 15.9 Å². The standard InChI is InChI=1S/C13H17BrO2/c1-4-9(2)12(15)8-16-13-7-11(14)6-5-10(13)3/h5-7,9H,4,8H2,1-3H3. The number of carbonyl (C=O) groups is 1. The van der Waals surface area contributed by atoms with Crippen molar-refractivity contribution in [3.8, 4) is 5.75 Å².